The van der Waals surface area contributed by atoms with Gasteiger partial charge in [-0.3, -0.25) is 9.59 Å². The molecule has 0 fully saturated rings. The molecule has 206 valence electrons. The van der Waals surface area contributed by atoms with Crippen LogP contribution in [0, 0.1) is 0 Å². The van der Waals surface area contributed by atoms with Gasteiger partial charge < -0.3 is 33.2 Å². The van der Waals surface area contributed by atoms with Gasteiger partial charge in [-0.1, -0.05) is 24.3 Å². The van der Waals surface area contributed by atoms with Gasteiger partial charge in [0, 0.05) is 22.6 Å². The maximum Gasteiger partial charge on any atom is 0.343 e. The van der Waals surface area contributed by atoms with Crippen molar-refractivity contribution in [2.75, 3.05) is 35.0 Å². The highest BCUT2D eigenvalue weighted by molar-refractivity contribution is 6.15. The van der Waals surface area contributed by atoms with Gasteiger partial charge in [-0.15, -0.1) is 0 Å². The van der Waals surface area contributed by atoms with Gasteiger partial charge in [0.1, 0.15) is 11.5 Å². The molecule has 0 bridgehead atoms. The molecule has 10 nitrogen and oxygen atoms in total. The smallest absolute Gasteiger partial charge is 0.343 e. The fourth-order valence-corrected chi connectivity index (χ4v) is 4.85. The number of fused-ring (bicyclic) bond motifs is 3. The molecule has 0 saturated carbocycles. The van der Waals surface area contributed by atoms with Gasteiger partial charge in [-0.25, -0.2) is 4.79 Å². The maximum atomic E-state index is 13.5. The van der Waals surface area contributed by atoms with Crippen molar-refractivity contribution in [2.45, 2.75) is 12.3 Å². The van der Waals surface area contributed by atoms with Gasteiger partial charge in [0.25, 0.3) is 0 Å². The molecule has 0 aromatic heterocycles. The van der Waals surface area contributed by atoms with E-state index >= 15 is 0 Å². The first kappa shape index (κ1) is 26.6. The lowest BCUT2D eigenvalue weighted by atomic mass is 9.84. The van der Waals surface area contributed by atoms with E-state index in [0.717, 1.165) is 0 Å². The summed E-state index contributed by atoms with van der Waals surface area (Å²) in [5.41, 5.74) is 1.95. The van der Waals surface area contributed by atoms with E-state index in [9.17, 15) is 14.4 Å². The number of ether oxygens (including phenoxy) is 7. The molecular weight excluding hydrogens is 520 g/mol. The van der Waals surface area contributed by atoms with Crippen molar-refractivity contribution >= 4 is 23.8 Å². The lowest BCUT2D eigenvalue weighted by Gasteiger charge is -2.28. The molecular formula is C30H26O10. The number of ketones is 1. The summed E-state index contributed by atoms with van der Waals surface area (Å²) in [7, 11) is 5.76. The Labute approximate surface area is 230 Å². The molecule has 2 aliphatic rings. The number of methoxy groups -OCH3 is 4. The van der Waals surface area contributed by atoms with Gasteiger partial charge in [-0.2, -0.15) is 0 Å². The van der Waals surface area contributed by atoms with Crippen LogP contribution in [-0.4, -0.2) is 52.8 Å². The average molecular weight is 547 g/mol. The summed E-state index contributed by atoms with van der Waals surface area (Å²) in [5, 5.41) is 0. The molecule has 0 N–H and O–H groups in total. The molecule has 5 rings (SSSR count). The fraction of sp³-hybridized carbons (Fsp3) is 0.233. The lowest BCUT2D eigenvalue weighted by molar-refractivity contribution is -0.143. The first-order valence-corrected chi connectivity index (χ1v) is 12.3. The van der Waals surface area contributed by atoms with Crippen LogP contribution in [-0.2, 0) is 14.3 Å². The summed E-state index contributed by atoms with van der Waals surface area (Å²) in [5.74, 6) is 0.140. The van der Waals surface area contributed by atoms with Crippen LogP contribution in [0.25, 0.3) is 6.08 Å². The summed E-state index contributed by atoms with van der Waals surface area (Å²) >= 11 is 0. The number of benzene rings is 3. The first-order chi connectivity index (χ1) is 19.4. The minimum atomic E-state index is -0.632. The van der Waals surface area contributed by atoms with Crippen LogP contribution in [0.15, 0.2) is 54.3 Å². The van der Waals surface area contributed by atoms with Gasteiger partial charge in [-0.05, 0) is 30.3 Å². The maximum absolute atomic E-state index is 13.5. The summed E-state index contributed by atoms with van der Waals surface area (Å²) < 4.78 is 38.6. The molecule has 0 aliphatic carbocycles. The Morgan fingerprint density at radius 2 is 1.62 bits per heavy atom. The van der Waals surface area contributed by atoms with E-state index in [4.69, 9.17) is 33.2 Å². The third kappa shape index (κ3) is 4.68. The van der Waals surface area contributed by atoms with Crippen molar-refractivity contribution < 1.29 is 47.5 Å². The SMILES string of the molecule is COC(=O)COc1c(OC)cccc1C1CC(=O)Oc2ccc3c(c21)OC(=Cc1cccc(OC)c1OC)C3=O. The highest BCUT2D eigenvalue weighted by Crippen LogP contribution is 2.51. The van der Waals surface area contributed by atoms with Crippen molar-refractivity contribution in [1.29, 1.82) is 0 Å². The zero-order valence-electron chi connectivity index (χ0n) is 22.3. The quantitative estimate of drug-likeness (QED) is 0.230. The Bertz CT molecular complexity index is 1540. The molecule has 0 radical (unpaired) electrons. The van der Waals surface area contributed by atoms with E-state index in [-0.39, 0.29) is 41.8 Å². The monoisotopic (exact) mass is 546 g/mol. The van der Waals surface area contributed by atoms with Gasteiger partial charge in [0.05, 0.1) is 40.4 Å². The average Bonchev–Trinajstić information content (AvgIpc) is 3.29. The number of carbonyl (C=O) groups is 3. The van der Waals surface area contributed by atoms with E-state index in [2.05, 4.69) is 0 Å². The van der Waals surface area contributed by atoms with Crippen molar-refractivity contribution in [3.63, 3.8) is 0 Å². The predicted octanol–water partition coefficient (Wildman–Crippen LogP) is 4.32. The summed E-state index contributed by atoms with van der Waals surface area (Å²) in [4.78, 5) is 38.0. The third-order valence-electron chi connectivity index (χ3n) is 6.67. The lowest BCUT2D eigenvalue weighted by Crippen LogP contribution is -2.22. The van der Waals surface area contributed by atoms with Crippen molar-refractivity contribution in [3.8, 4) is 34.5 Å². The highest BCUT2D eigenvalue weighted by atomic mass is 16.6. The zero-order chi connectivity index (χ0) is 28.4. The van der Waals surface area contributed by atoms with E-state index in [1.54, 1.807) is 54.6 Å². The number of hydrogen-bond donors (Lipinski definition) is 0. The van der Waals surface area contributed by atoms with E-state index in [1.807, 2.05) is 0 Å². The van der Waals surface area contributed by atoms with Gasteiger partial charge in [0.15, 0.2) is 35.4 Å². The highest BCUT2D eigenvalue weighted by Gasteiger charge is 2.40. The normalized spacial score (nSPS) is 16.4. The summed E-state index contributed by atoms with van der Waals surface area (Å²) in [6, 6.07) is 13.6. The second kappa shape index (κ2) is 11.0. The van der Waals surface area contributed by atoms with Gasteiger partial charge >= 0.3 is 11.9 Å². The van der Waals surface area contributed by atoms with Crippen LogP contribution in [0.3, 0.4) is 0 Å². The van der Waals surface area contributed by atoms with Crippen LogP contribution in [0.4, 0.5) is 0 Å². The second-order valence-corrected chi connectivity index (χ2v) is 8.85. The molecule has 1 unspecified atom stereocenters. The Balaban J connectivity index is 1.61. The molecule has 2 aliphatic heterocycles. The Hall–Kier alpha value is -4.99. The predicted molar refractivity (Wildman–Crippen MR) is 142 cm³/mol. The molecule has 1 atom stereocenters. The number of rotatable bonds is 8. The van der Waals surface area contributed by atoms with Crippen LogP contribution in [0.2, 0.25) is 0 Å². The minimum absolute atomic E-state index is 0.0640. The molecule has 0 spiro atoms. The molecule has 2 heterocycles. The molecule has 0 saturated heterocycles. The number of allylic oxidation sites excluding steroid dienone is 1. The zero-order valence-corrected chi connectivity index (χ0v) is 22.3. The Morgan fingerprint density at radius 3 is 2.33 bits per heavy atom. The Morgan fingerprint density at radius 1 is 0.900 bits per heavy atom. The first-order valence-electron chi connectivity index (χ1n) is 12.3. The molecule has 3 aromatic rings. The third-order valence-corrected chi connectivity index (χ3v) is 6.67. The summed E-state index contributed by atoms with van der Waals surface area (Å²) in [6.45, 7) is -0.370. The van der Waals surface area contributed by atoms with Crippen molar-refractivity contribution in [1.82, 2.24) is 0 Å². The van der Waals surface area contributed by atoms with Crippen molar-refractivity contribution in [2.24, 2.45) is 0 Å². The minimum Gasteiger partial charge on any atom is -0.493 e. The fourth-order valence-electron chi connectivity index (χ4n) is 4.85. The largest absolute Gasteiger partial charge is 0.493 e. The molecule has 40 heavy (non-hydrogen) atoms. The number of esters is 2. The topological polar surface area (TPSA) is 116 Å². The molecule has 3 aromatic carbocycles. The molecule has 0 amide bonds. The van der Waals surface area contributed by atoms with Gasteiger partial charge in [0.2, 0.25) is 5.78 Å². The van der Waals surface area contributed by atoms with E-state index in [1.165, 1.54) is 28.4 Å². The van der Waals surface area contributed by atoms with Crippen LogP contribution in [0.5, 0.6) is 34.5 Å². The van der Waals surface area contributed by atoms with Crippen LogP contribution >= 0.6 is 0 Å². The molecule has 10 heteroatoms. The van der Waals surface area contributed by atoms with Crippen LogP contribution in [0.1, 0.15) is 39.4 Å². The standard InChI is InChI=1S/C30H26O10/c1-34-21-9-5-7-16(28(21)37-4)13-23-27(33)18-11-12-20-26(30(18)40-23)19(14-24(31)39-20)17-8-6-10-22(35-2)29(17)38-15-25(32)36-3/h5-13,19H,14-15H2,1-4H3. The number of carbonyl (C=O) groups excluding carboxylic acids is 3. The number of para-hydroxylation sites is 2. The van der Waals surface area contributed by atoms with E-state index < -0.39 is 17.9 Å². The van der Waals surface area contributed by atoms with Crippen LogP contribution < -0.4 is 28.4 Å². The Kier molecular flexibility index (Phi) is 7.33. The van der Waals surface area contributed by atoms with E-state index in [0.29, 0.717) is 39.5 Å². The second-order valence-electron chi connectivity index (χ2n) is 8.85. The number of Topliss-reactive ketones (excluding diaryl/α,β-unsaturated/α-hetero) is 1. The van der Waals surface area contributed by atoms with Crippen molar-refractivity contribution in [3.05, 3.63) is 76.5 Å². The summed E-state index contributed by atoms with van der Waals surface area (Å²) in [6.07, 6.45) is 1.52. The number of hydrogen-bond acceptors (Lipinski definition) is 10.